The van der Waals surface area contributed by atoms with E-state index in [0.29, 0.717) is 0 Å². The largest absolute Gasteiger partial charge is 0.471 e. The van der Waals surface area contributed by atoms with Crippen molar-refractivity contribution in [2.75, 3.05) is 6.61 Å². The molecule has 1 aliphatic rings. The van der Waals surface area contributed by atoms with Crippen LogP contribution in [0.25, 0.3) is 0 Å². The van der Waals surface area contributed by atoms with Crippen molar-refractivity contribution in [3.8, 4) is 0 Å². The summed E-state index contributed by atoms with van der Waals surface area (Å²) in [6, 6.07) is -1.45. The second-order valence-electron chi connectivity index (χ2n) is 4.45. The fourth-order valence-electron chi connectivity index (χ4n) is 1.81. The van der Waals surface area contributed by atoms with Gasteiger partial charge in [0.15, 0.2) is 18.5 Å². The highest BCUT2D eigenvalue weighted by Crippen LogP contribution is 2.22. The number of hydrogen-bond acceptors (Lipinski definition) is 7. The quantitative estimate of drug-likeness (QED) is 0.655. The van der Waals surface area contributed by atoms with Crippen LogP contribution in [0.5, 0.6) is 0 Å². The lowest BCUT2D eigenvalue weighted by atomic mass is 10.0. The van der Waals surface area contributed by atoms with Gasteiger partial charge in [0.25, 0.3) is 0 Å². The molecule has 1 heterocycles. The summed E-state index contributed by atoms with van der Waals surface area (Å²) in [4.78, 5) is 33.0. The number of carbonyl (C=O) groups is 3. The first-order valence-electron chi connectivity index (χ1n) is 6.04. The van der Waals surface area contributed by atoms with Crippen LogP contribution in [0, 0.1) is 0 Å². The fraction of sp³-hybridized carbons (Fsp3) is 0.727. The molecule has 1 aliphatic heterocycles. The number of hydrogen-bond donors (Lipinski definition) is 2. The Labute approximate surface area is 122 Å². The second kappa shape index (κ2) is 6.92. The maximum absolute atomic E-state index is 12.3. The van der Waals surface area contributed by atoms with Crippen molar-refractivity contribution in [2.24, 2.45) is 0 Å². The van der Waals surface area contributed by atoms with Gasteiger partial charge in [0.05, 0.1) is 12.6 Å². The molecule has 0 bridgehead atoms. The normalized spacial score (nSPS) is 28.6. The number of aliphatic hydroxyl groups excluding tert-OH is 1. The molecule has 0 saturated carbocycles. The van der Waals surface area contributed by atoms with Gasteiger partial charge in [-0.2, -0.15) is 13.2 Å². The molecular weight excluding hydrogens is 315 g/mol. The third-order valence-electron chi connectivity index (χ3n) is 2.63. The summed E-state index contributed by atoms with van der Waals surface area (Å²) in [5.74, 6) is -4.06. The van der Waals surface area contributed by atoms with E-state index in [1.54, 1.807) is 5.32 Å². The molecule has 1 saturated heterocycles. The van der Waals surface area contributed by atoms with Crippen molar-refractivity contribution in [1.82, 2.24) is 5.32 Å². The molecule has 4 atom stereocenters. The fourth-order valence-corrected chi connectivity index (χ4v) is 1.81. The molecule has 0 aliphatic carbocycles. The van der Waals surface area contributed by atoms with Crippen molar-refractivity contribution in [1.29, 1.82) is 0 Å². The molecule has 126 valence electrons. The first-order valence-corrected chi connectivity index (χ1v) is 6.04. The SMILES string of the molecule is CC(=O)O[C@@H]1[C@H](OC(C)=O)[C@H](NC(=O)C(F)(F)F)CO[C@@H]1O. The Bertz CT molecular complexity index is 453. The van der Waals surface area contributed by atoms with Crippen molar-refractivity contribution in [3.05, 3.63) is 0 Å². The predicted molar refractivity (Wildman–Crippen MR) is 61.1 cm³/mol. The summed E-state index contributed by atoms with van der Waals surface area (Å²) in [5.41, 5.74) is 0. The number of rotatable bonds is 3. The van der Waals surface area contributed by atoms with E-state index in [1.165, 1.54) is 0 Å². The summed E-state index contributed by atoms with van der Waals surface area (Å²) in [6.45, 7) is 1.38. The van der Waals surface area contributed by atoms with Crippen LogP contribution in [-0.2, 0) is 28.6 Å². The van der Waals surface area contributed by atoms with Crippen LogP contribution in [-0.4, -0.2) is 60.3 Å². The van der Waals surface area contributed by atoms with Crippen LogP contribution < -0.4 is 5.32 Å². The van der Waals surface area contributed by atoms with Gasteiger partial charge in [-0.15, -0.1) is 0 Å². The number of carbonyl (C=O) groups excluding carboxylic acids is 3. The zero-order valence-corrected chi connectivity index (χ0v) is 11.5. The van der Waals surface area contributed by atoms with Crippen LogP contribution in [0.3, 0.4) is 0 Å². The van der Waals surface area contributed by atoms with Gasteiger partial charge >= 0.3 is 24.0 Å². The number of halogens is 3. The molecule has 0 aromatic heterocycles. The van der Waals surface area contributed by atoms with E-state index >= 15 is 0 Å². The highest BCUT2D eigenvalue weighted by atomic mass is 19.4. The standard InChI is InChI=1S/C11H14F3NO7/c1-4(16)21-7-6(15-10(19)11(12,13)14)3-20-9(18)8(7)22-5(2)17/h6-9,18H,3H2,1-2H3,(H,15,19)/t6-,7-,8-,9+/m1/s1. The Morgan fingerprint density at radius 2 is 1.64 bits per heavy atom. The molecule has 0 aromatic rings. The van der Waals surface area contributed by atoms with E-state index in [4.69, 9.17) is 14.2 Å². The first kappa shape index (κ1) is 18.2. The van der Waals surface area contributed by atoms with Crippen molar-refractivity contribution in [2.45, 2.75) is 44.6 Å². The zero-order chi connectivity index (χ0) is 17.1. The van der Waals surface area contributed by atoms with Crippen molar-refractivity contribution in [3.63, 3.8) is 0 Å². The molecule has 0 spiro atoms. The molecule has 0 aromatic carbocycles. The van der Waals surface area contributed by atoms with Gasteiger partial charge in [0.1, 0.15) is 0 Å². The lowest BCUT2D eigenvalue weighted by Gasteiger charge is -2.39. The Kier molecular flexibility index (Phi) is 5.72. The van der Waals surface area contributed by atoms with E-state index in [2.05, 4.69) is 0 Å². The van der Waals surface area contributed by atoms with Gasteiger partial charge in [0.2, 0.25) is 0 Å². The highest BCUT2D eigenvalue weighted by molar-refractivity contribution is 5.82. The molecule has 8 nitrogen and oxygen atoms in total. The third kappa shape index (κ3) is 4.84. The van der Waals surface area contributed by atoms with Gasteiger partial charge in [-0.1, -0.05) is 0 Å². The molecule has 0 radical (unpaired) electrons. The molecule has 1 rings (SSSR count). The predicted octanol–water partition coefficient (Wildman–Crippen LogP) is -0.755. The minimum absolute atomic E-state index is 0.571. The Hall–Kier alpha value is -1.88. The summed E-state index contributed by atoms with van der Waals surface area (Å²) < 4.78 is 51.0. The van der Waals surface area contributed by atoms with Crippen LogP contribution >= 0.6 is 0 Å². The van der Waals surface area contributed by atoms with Crippen LogP contribution in [0.2, 0.25) is 0 Å². The van der Waals surface area contributed by atoms with E-state index < -0.39 is 55.2 Å². The van der Waals surface area contributed by atoms with Crippen molar-refractivity contribution < 1.29 is 46.9 Å². The molecule has 22 heavy (non-hydrogen) atoms. The van der Waals surface area contributed by atoms with Gasteiger partial charge in [0, 0.05) is 13.8 Å². The number of esters is 2. The Morgan fingerprint density at radius 1 is 1.14 bits per heavy atom. The Morgan fingerprint density at radius 3 is 2.09 bits per heavy atom. The minimum atomic E-state index is -5.16. The smallest absolute Gasteiger partial charge is 0.456 e. The zero-order valence-electron chi connectivity index (χ0n) is 11.5. The summed E-state index contributed by atoms with van der Waals surface area (Å²) in [7, 11) is 0. The summed E-state index contributed by atoms with van der Waals surface area (Å²) >= 11 is 0. The number of amides is 1. The first-order chi connectivity index (χ1) is 10.0. The maximum atomic E-state index is 12.3. The van der Waals surface area contributed by atoms with Crippen LogP contribution in [0.1, 0.15) is 13.8 Å². The van der Waals surface area contributed by atoms with Gasteiger partial charge in [-0.25, -0.2) is 0 Å². The second-order valence-corrected chi connectivity index (χ2v) is 4.45. The van der Waals surface area contributed by atoms with Gasteiger partial charge in [-0.05, 0) is 0 Å². The monoisotopic (exact) mass is 329 g/mol. The Balaban J connectivity index is 2.95. The molecule has 1 fully saturated rings. The number of aliphatic hydroxyl groups is 1. The number of alkyl halides is 3. The number of nitrogens with one attached hydrogen (secondary N) is 1. The van der Waals surface area contributed by atoms with E-state index in [0.717, 1.165) is 13.8 Å². The topological polar surface area (TPSA) is 111 Å². The minimum Gasteiger partial charge on any atom is -0.456 e. The molecular formula is C11H14F3NO7. The highest BCUT2D eigenvalue weighted by Gasteiger charge is 2.48. The van der Waals surface area contributed by atoms with Crippen molar-refractivity contribution >= 4 is 17.8 Å². The third-order valence-corrected chi connectivity index (χ3v) is 2.63. The average molecular weight is 329 g/mol. The number of ether oxygens (including phenoxy) is 3. The molecule has 0 unspecified atom stereocenters. The molecule has 1 amide bonds. The van der Waals surface area contributed by atoms with Crippen LogP contribution in [0.4, 0.5) is 13.2 Å². The van der Waals surface area contributed by atoms with Gasteiger partial charge in [-0.3, -0.25) is 14.4 Å². The maximum Gasteiger partial charge on any atom is 0.471 e. The van der Waals surface area contributed by atoms with E-state index in [-0.39, 0.29) is 0 Å². The average Bonchev–Trinajstić information content (AvgIpc) is 2.34. The molecule has 11 heteroatoms. The lowest BCUT2D eigenvalue weighted by molar-refractivity contribution is -0.246. The molecule has 2 N–H and O–H groups in total. The summed E-state index contributed by atoms with van der Waals surface area (Å²) in [5, 5.41) is 11.2. The van der Waals surface area contributed by atoms with E-state index in [9.17, 15) is 32.7 Å². The van der Waals surface area contributed by atoms with E-state index in [1.807, 2.05) is 0 Å². The lowest BCUT2D eigenvalue weighted by Crippen LogP contribution is -2.62. The van der Waals surface area contributed by atoms with Crippen LogP contribution in [0.15, 0.2) is 0 Å². The summed E-state index contributed by atoms with van der Waals surface area (Å²) in [6.07, 6.45) is -9.98. The van der Waals surface area contributed by atoms with Gasteiger partial charge < -0.3 is 24.6 Å².